The third kappa shape index (κ3) is 5.86. The van der Waals surface area contributed by atoms with E-state index < -0.39 is 9.84 Å². The van der Waals surface area contributed by atoms with Crippen molar-refractivity contribution in [3.63, 3.8) is 0 Å². The first kappa shape index (κ1) is 17.8. The zero-order chi connectivity index (χ0) is 16.7. The van der Waals surface area contributed by atoms with Gasteiger partial charge in [-0.3, -0.25) is 4.79 Å². The van der Waals surface area contributed by atoms with E-state index in [0.717, 1.165) is 19.5 Å². The highest BCUT2D eigenvalue weighted by Gasteiger charge is 2.29. The smallest absolute Gasteiger partial charge is 0.220 e. The predicted molar refractivity (Wildman–Crippen MR) is 93.3 cm³/mol. The summed E-state index contributed by atoms with van der Waals surface area (Å²) < 4.78 is 22.8. The van der Waals surface area contributed by atoms with E-state index in [-0.39, 0.29) is 23.3 Å². The van der Waals surface area contributed by atoms with E-state index in [0.29, 0.717) is 19.4 Å². The molecule has 23 heavy (non-hydrogen) atoms. The molecule has 0 bridgehead atoms. The molecule has 0 radical (unpaired) electrons. The minimum Gasteiger partial charge on any atom is -0.372 e. The molecular formula is C17H26N2O3S. The van der Waals surface area contributed by atoms with Crippen molar-refractivity contribution in [1.82, 2.24) is 5.32 Å². The largest absolute Gasteiger partial charge is 0.372 e. The molecule has 1 fully saturated rings. The number of carbonyl (C=O) groups excluding carboxylic acids is 1. The fourth-order valence-corrected chi connectivity index (χ4v) is 4.84. The minimum atomic E-state index is -2.90. The van der Waals surface area contributed by atoms with Gasteiger partial charge < -0.3 is 10.2 Å². The van der Waals surface area contributed by atoms with Gasteiger partial charge in [-0.1, -0.05) is 18.2 Å². The number of nitrogens with zero attached hydrogens (tertiary/aromatic N) is 1. The van der Waals surface area contributed by atoms with Crippen LogP contribution in [0.25, 0.3) is 0 Å². The van der Waals surface area contributed by atoms with E-state index in [1.807, 2.05) is 18.2 Å². The molecule has 1 aromatic rings. The highest BCUT2D eigenvalue weighted by molar-refractivity contribution is 7.91. The quantitative estimate of drug-likeness (QED) is 0.735. The topological polar surface area (TPSA) is 66.5 Å². The molecule has 1 atom stereocenters. The Morgan fingerprint density at radius 1 is 1.30 bits per heavy atom. The van der Waals surface area contributed by atoms with Crippen LogP contribution in [-0.4, -0.2) is 45.5 Å². The Bertz CT molecular complexity index is 602. The Balaban J connectivity index is 1.65. The molecule has 1 aromatic carbocycles. The average molecular weight is 338 g/mol. The minimum absolute atomic E-state index is 0.00328. The third-order valence-electron chi connectivity index (χ3n) is 4.23. The lowest BCUT2D eigenvalue weighted by Crippen LogP contribution is -2.31. The Morgan fingerprint density at radius 2 is 2.04 bits per heavy atom. The molecule has 0 aromatic heterocycles. The van der Waals surface area contributed by atoms with Crippen molar-refractivity contribution in [2.75, 3.05) is 36.0 Å². The number of hydrogen-bond acceptors (Lipinski definition) is 4. The van der Waals surface area contributed by atoms with Crippen LogP contribution >= 0.6 is 0 Å². The molecule has 128 valence electrons. The zero-order valence-electron chi connectivity index (χ0n) is 13.7. The van der Waals surface area contributed by atoms with Crippen molar-refractivity contribution in [3.8, 4) is 0 Å². The second-order valence-corrected chi connectivity index (χ2v) is 8.32. The monoisotopic (exact) mass is 338 g/mol. The highest BCUT2D eigenvalue weighted by atomic mass is 32.2. The molecule has 5 nitrogen and oxygen atoms in total. The van der Waals surface area contributed by atoms with Crippen LogP contribution in [0.15, 0.2) is 30.3 Å². The molecular weight excluding hydrogens is 312 g/mol. The van der Waals surface area contributed by atoms with Gasteiger partial charge in [0.1, 0.15) is 0 Å². The SMILES string of the molecule is CCN(CCCNC(=O)CC1CCS(=O)(=O)C1)c1ccccc1. The van der Waals surface area contributed by atoms with Crippen LogP contribution in [0.3, 0.4) is 0 Å². The summed E-state index contributed by atoms with van der Waals surface area (Å²) in [5, 5.41) is 2.91. The number of benzene rings is 1. The Labute approximate surface area is 139 Å². The van der Waals surface area contributed by atoms with Crippen LogP contribution in [0, 0.1) is 5.92 Å². The summed E-state index contributed by atoms with van der Waals surface area (Å²) in [7, 11) is -2.90. The molecule has 2 rings (SSSR count). The van der Waals surface area contributed by atoms with Crippen molar-refractivity contribution >= 4 is 21.4 Å². The Morgan fingerprint density at radius 3 is 2.65 bits per heavy atom. The highest BCUT2D eigenvalue weighted by Crippen LogP contribution is 2.21. The average Bonchev–Trinajstić information content (AvgIpc) is 2.87. The summed E-state index contributed by atoms with van der Waals surface area (Å²) >= 11 is 0. The molecule has 0 spiro atoms. The van der Waals surface area contributed by atoms with Gasteiger partial charge in [0.25, 0.3) is 0 Å². The summed E-state index contributed by atoms with van der Waals surface area (Å²) in [5.74, 6) is 0.359. The molecule has 0 aliphatic carbocycles. The van der Waals surface area contributed by atoms with Crippen LogP contribution < -0.4 is 10.2 Å². The molecule has 1 aliphatic rings. The fraction of sp³-hybridized carbons (Fsp3) is 0.588. The predicted octanol–water partition coefficient (Wildman–Crippen LogP) is 1.84. The number of para-hydroxylation sites is 1. The Kier molecular flexibility index (Phi) is 6.45. The number of anilines is 1. The maximum atomic E-state index is 11.9. The number of sulfone groups is 1. The molecule has 6 heteroatoms. The molecule has 1 heterocycles. The van der Waals surface area contributed by atoms with Crippen molar-refractivity contribution < 1.29 is 13.2 Å². The third-order valence-corrected chi connectivity index (χ3v) is 6.07. The van der Waals surface area contributed by atoms with Gasteiger partial charge in [-0.2, -0.15) is 0 Å². The van der Waals surface area contributed by atoms with Crippen molar-refractivity contribution in [1.29, 1.82) is 0 Å². The van der Waals surface area contributed by atoms with Crippen molar-refractivity contribution in [3.05, 3.63) is 30.3 Å². The van der Waals surface area contributed by atoms with Gasteiger partial charge in [0, 0.05) is 31.7 Å². The van der Waals surface area contributed by atoms with E-state index >= 15 is 0 Å². The first-order valence-corrected chi connectivity index (χ1v) is 10.1. The van der Waals surface area contributed by atoms with Crippen LogP contribution in [0.2, 0.25) is 0 Å². The molecule has 1 amide bonds. The second-order valence-electron chi connectivity index (χ2n) is 6.09. The lowest BCUT2D eigenvalue weighted by Gasteiger charge is -2.23. The van der Waals surface area contributed by atoms with Gasteiger partial charge in [0.15, 0.2) is 9.84 Å². The fourth-order valence-electron chi connectivity index (χ4n) is 2.97. The standard InChI is InChI=1S/C17H26N2O3S/c1-2-19(16-7-4-3-5-8-16)11-6-10-18-17(20)13-15-9-12-23(21,22)14-15/h3-5,7-8,15H,2,6,9-14H2,1H3,(H,18,20). The van der Waals surface area contributed by atoms with Crippen molar-refractivity contribution in [2.24, 2.45) is 5.92 Å². The van der Waals surface area contributed by atoms with Gasteiger partial charge in [-0.05, 0) is 37.8 Å². The number of rotatable bonds is 8. The summed E-state index contributed by atoms with van der Waals surface area (Å²) in [6.45, 7) is 4.56. The molecule has 1 aliphatic heterocycles. The number of amides is 1. The van der Waals surface area contributed by atoms with E-state index in [9.17, 15) is 13.2 Å². The van der Waals surface area contributed by atoms with Crippen LogP contribution in [-0.2, 0) is 14.6 Å². The first-order chi connectivity index (χ1) is 11.0. The lowest BCUT2D eigenvalue weighted by molar-refractivity contribution is -0.121. The molecule has 1 N–H and O–H groups in total. The summed E-state index contributed by atoms with van der Waals surface area (Å²) in [5.41, 5.74) is 1.19. The summed E-state index contributed by atoms with van der Waals surface area (Å²) in [6.07, 6.45) is 1.82. The molecule has 1 unspecified atom stereocenters. The molecule has 0 saturated carbocycles. The van der Waals surface area contributed by atoms with Gasteiger partial charge in [0.2, 0.25) is 5.91 Å². The van der Waals surface area contributed by atoms with Crippen LogP contribution in [0.4, 0.5) is 5.69 Å². The first-order valence-electron chi connectivity index (χ1n) is 8.27. The summed E-state index contributed by atoms with van der Waals surface area (Å²) in [6, 6.07) is 10.2. The maximum Gasteiger partial charge on any atom is 0.220 e. The lowest BCUT2D eigenvalue weighted by atomic mass is 10.1. The van der Waals surface area contributed by atoms with Gasteiger partial charge in [0.05, 0.1) is 11.5 Å². The normalized spacial score (nSPS) is 19.4. The van der Waals surface area contributed by atoms with Gasteiger partial charge in [-0.15, -0.1) is 0 Å². The number of carbonyl (C=O) groups is 1. The van der Waals surface area contributed by atoms with E-state index in [2.05, 4.69) is 29.3 Å². The summed E-state index contributed by atoms with van der Waals surface area (Å²) in [4.78, 5) is 14.1. The van der Waals surface area contributed by atoms with E-state index in [4.69, 9.17) is 0 Å². The zero-order valence-corrected chi connectivity index (χ0v) is 14.5. The Hall–Kier alpha value is -1.56. The number of nitrogens with one attached hydrogen (secondary N) is 1. The van der Waals surface area contributed by atoms with Crippen LogP contribution in [0.5, 0.6) is 0 Å². The maximum absolute atomic E-state index is 11.9. The van der Waals surface area contributed by atoms with Gasteiger partial charge in [-0.25, -0.2) is 8.42 Å². The van der Waals surface area contributed by atoms with E-state index in [1.165, 1.54) is 5.69 Å². The second kappa shape index (κ2) is 8.34. The number of hydrogen-bond donors (Lipinski definition) is 1. The van der Waals surface area contributed by atoms with Gasteiger partial charge >= 0.3 is 0 Å². The van der Waals surface area contributed by atoms with E-state index in [1.54, 1.807) is 0 Å². The molecule has 1 saturated heterocycles. The van der Waals surface area contributed by atoms with Crippen molar-refractivity contribution in [2.45, 2.75) is 26.2 Å². The van der Waals surface area contributed by atoms with Crippen LogP contribution in [0.1, 0.15) is 26.2 Å².